The molecule has 5 aromatic rings. The van der Waals surface area contributed by atoms with Crippen LogP contribution in [-0.2, 0) is 13.1 Å². The first-order valence-electron chi connectivity index (χ1n) is 15.7. The van der Waals surface area contributed by atoms with Gasteiger partial charge in [-0.15, -0.1) is 0 Å². The van der Waals surface area contributed by atoms with Crippen molar-refractivity contribution in [1.29, 1.82) is 0 Å². The first-order valence-corrected chi connectivity index (χ1v) is 16.5. The maximum absolute atomic E-state index is 10.4. The van der Waals surface area contributed by atoms with Crippen molar-refractivity contribution < 1.29 is 10.2 Å². The van der Waals surface area contributed by atoms with E-state index in [1.165, 1.54) is 22.3 Å². The topological polar surface area (TPSA) is 59.0 Å². The lowest BCUT2D eigenvalue weighted by atomic mass is 10.1. The Labute approximate surface area is 283 Å². The molecule has 5 aromatic carbocycles. The summed E-state index contributed by atoms with van der Waals surface area (Å²) < 4.78 is 1.09. The molecule has 2 atom stereocenters. The summed E-state index contributed by atoms with van der Waals surface area (Å²) in [7, 11) is 4.06. The van der Waals surface area contributed by atoms with E-state index in [9.17, 15) is 10.2 Å². The summed E-state index contributed by atoms with van der Waals surface area (Å²) in [6.07, 6.45) is -0.914. The minimum Gasteiger partial charge on any atom is -0.387 e. The van der Waals surface area contributed by atoms with Crippen LogP contribution in [-0.4, -0.2) is 47.2 Å². The average Bonchev–Trinajstić information content (AvgIpc) is 3.06. The second-order valence-corrected chi connectivity index (χ2v) is 12.9. The van der Waals surface area contributed by atoms with E-state index in [1.807, 2.05) is 86.9 Å². The van der Waals surface area contributed by atoms with Crippen LogP contribution in [0.25, 0.3) is 0 Å². The van der Waals surface area contributed by atoms with Crippen LogP contribution in [0.4, 0.5) is 11.4 Å². The molecule has 0 aromatic heterocycles. The molecule has 0 fully saturated rings. The summed E-state index contributed by atoms with van der Waals surface area (Å²) in [6.45, 7) is 7.08. The summed E-state index contributed by atoms with van der Waals surface area (Å²) in [5, 5.41) is 24.0. The van der Waals surface area contributed by atoms with Crippen LogP contribution >= 0.6 is 15.9 Å². The SMILES string of the molecule is CN(Cc1ccc(Br)cc1)CC(O)c1ccccc1.Cc1ccc(C)c(Nc2ccc(CN(C)CC(O)c3ccccc3)cc2)c1. The molecule has 5 rings (SSSR count). The smallest absolute Gasteiger partial charge is 0.0916 e. The number of nitrogens with zero attached hydrogens (tertiary/aromatic N) is 2. The predicted octanol–water partition coefficient (Wildman–Crippen LogP) is 8.83. The van der Waals surface area contributed by atoms with Gasteiger partial charge in [0.25, 0.3) is 0 Å². The molecule has 0 radical (unpaired) electrons. The fourth-order valence-electron chi connectivity index (χ4n) is 5.21. The molecule has 0 bridgehead atoms. The minimum atomic E-state index is -0.471. The van der Waals surface area contributed by atoms with Gasteiger partial charge in [-0.2, -0.15) is 0 Å². The molecule has 46 heavy (non-hydrogen) atoms. The van der Waals surface area contributed by atoms with Crippen LogP contribution in [0.15, 0.2) is 132 Å². The van der Waals surface area contributed by atoms with Crippen molar-refractivity contribution in [2.24, 2.45) is 0 Å². The maximum Gasteiger partial charge on any atom is 0.0916 e. The van der Waals surface area contributed by atoms with Crippen LogP contribution < -0.4 is 5.32 Å². The van der Waals surface area contributed by atoms with E-state index in [1.54, 1.807) is 0 Å². The molecule has 6 heteroatoms. The lowest BCUT2D eigenvalue weighted by Gasteiger charge is -2.21. The van der Waals surface area contributed by atoms with Crippen LogP contribution in [0.5, 0.6) is 0 Å². The minimum absolute atomic E-state index is 0.443. The molecule has 3 N–H and O–H groups in total. The molecule has 2 unspecified atom stereocenters. The standard InChI is InChI=1S/C24H28N2O.C16H18BrNO/c1-18-9-10-19(2)23(15-18)25-22-13-11-20(12-14-22)16-26(3)17-24(27)21-7-5-4-6-8-21;1-18(11-13-7-9-15(17)10-8-13)12-16(19)14-5-3-2-4-6-14/h4-15,24-25,27H,16-17H2,1-3H3;2-10,16,19H,11-12H2,1H3. The zero-order valence-electron chi connectivity index (χ0n) is 27.3. The van der Waals surface area contributed by atoms with E-state index in [0.29, 0.717) is 13.1 Å². The first kappa shape index (κ1) is 35.1. The Morgan fingerprint density at radius 3 is 1.54 bits per heavy atom. The van der Waals surface area contributed by atoms with Crippen molar-refractivity contribution in [3.05, 3.63) is 165 Å². The number of aryl methyl sites for hydroxylation is 2. The van der Waals surface area contributed by atoms with Crippen LogP contribution in [0.2, 0.25) is 0 Å². The molecule has 0 amide bonds. The van der Waals surface area contributed by atoms with Gasteiger partial charge in [-0.05, 0) is 91.7 Å². The Hall–Kier alpha value is -3.78. The average molecular weight is 681 g/mol. The summed E-state index contributed by atoms with van der Waals surface area (Å²) in [4.78, 5) is 4.27. The molecule has 0 aliphatic heterocycles. The monoisotopic (exact) mass is 679 g/mol. The fourth-order valence-corrected chi connectivity index (χ4v) is 5.48. The Balaban J connectivity index is 0.000000222. The van der Waals surface area contributed by atoms with Crippen molar-refractivity contribution in [2.45, 2.75) is 39.1 Å². The van der Waals surface area contributed by atoms with Crippen LogP contribution in [0.1, 0.15) is 45.6 Å². The molecule has 0 aliphatic carbocycles. The molecule has 0 aliphatic rings. The molecule has 5 nitrogen and oxygen atoms in total. The third-order valence-electron chi connectivity index (χ3n) is 7.78. The molecule has 240 valence electrons. The second-order valence-electron chi connectivity index (χ2n) is 12.0. The molecular formula is C40H46BrN3O2. The van der Waals surface area contributed by atoms with Crippen molar-refractivity contribution in [3.8, 4) is 0 Å². The van der Waals surface area contributed by atoms with Crippen molar-refractivity contribution in [1.82, 2.24) is 9.80 Å². The van der Waals surface area contributed by atoms with E-state index < -0.39 is 12.2 Å². The van der Waals surface area contributed by atoms with Gasteiger partial charge in [0.15, 0.2) is 0 Å². The van der Waals surface area contributed by atoms with E-state index in [0.717, 1.165) is 40.1 Å². The quantitative estimate of drug-likeness (QED) is 0.123. The second kappa shape index (κ2) is 17.8. The number of hydrogen-bond acceptors (Lipinski definition) is 5. The number of benzene rings is 5. The van der Waals surface area contributed by atoms with Gasteiger partial charge in [-0.25, -0.2) is 0 Å². The fraction of sp³-hybridized carbons (Fsp3) is 0.250. The van der Waals surface area contributed by atoms with E-state index in [4.69, 9.17) is 0 Å². The number of halogens is 1. The van der Waals surface area contributed by atoms with Crippen molar-refractivity contribution >= 4 is 27.3 Å². The number of anilines is 2. The first-order chi connectivity index (χ1) is 22.2. The number of likely N-dealkylation sites (N-methyl/N-ethyl adjacent to an activating group) is 2. The van der Waals surface area contributed by atoms with Gasteiger partial charge in [0.05, 0.1) is 12.2 Å². The normalized spacial score (nSPS) is 12.4. The van der Waals surface area contributed by atoms with Gasteiger partial charge in [0.2, 0.25) is 0 Å². The highest BCUT2D eigenvalue weighted by molar-refractivity contribution is 9.10. The summed E-state index contributed by atoms with van der Waals surface area (Å²) >= 11 is 3.43. The van der Waals surface area contributed by atoms with Gasteiger partial charge in [-0.3, -0.25) is 9.80 Å². The lowest BCUT2D eigenvalue weighted by molar-refractivity contribution is 0.123. The van der Waals surface area contributed by atoms with E-state index in [2.05, 4.69) is 99.5 Å². The molecule has 0 spiro atoms. The van der Waals surface area contributed by atoms with Gasteiger partial charge < -0.3 is 15.5 Å². The summed E-state index contributed by atoms with van der Waals surface area (Å²) in [6, 6.07) is 42.8. The Bertz CT molecular complexity index is 1600. The van der Waals surface area contributed by atoms with Gasteiger partial charge in [0, 0.05) is 42.0 Å². The zero-order chi connectivity index (χ0) is 32.9. The molecule has 0 heterocycles. The van der Waals surface area contributed by atoms with E-state index >= 15 is 0 Å². The lowest BCUT2D eigenvalue weighted by Crippen LogP contribution is -2.24. The van der Waals surface area contributed by atoms with Crippen LogP contribution in [0.3, 0.4) is 0 Å². The third kappa shape index (κ3) is 11.5. The maximum atomic E-state index is 10.4. The van der Waals surface area contributed by atoms with Gasteiger partial charge in [-0.1, -0.05) is 113 Å². The Kier molecular flexibility index (Phi) is 13.6. The highest BCUT2D eigenvalue weighted by Crippen LogP contribution is 2.23. The summed E-state index contributed by atoms with van der Waals surface area (Å²) in [5.41, 5.74) is 9.10. The highest BCUT2D eigenvalue weighted by atomic mass is 79.9. The Morgan fingerprint density at radius 2 is 1.07 bits per heavy atom. The Morgan fingerprint density at radius 1 is 0.609 bits per heavy atom. The van der Waals surface area contributed by atoms with E-state index in [-0.39, 0.29) is 0 Å². The third-order valence-corrected chi connectivity index (χ3v) is 8.31. The number of aliphatic hydroxyl groups is 2. The molecule has 0 saturated heterocycles. The van der Waals surface area contributed by atoms with Crippen LogP contribution in [0, 0.1) is 13.8 Å². The predicted molar refractivity (Wildman–Crippen MR) is 195 cm³/mol. The van der Waals surface area contributed by atoms with Gasteiger partial charge in [0.1, 0.15) is 0 Å². The number of aliphatic hydroxyl groups excluding tert-OH is 2. The number of hydrogen-bond donors (Lipinski definition) is 3. The van der Waals surface area contributed by atoms with Crippen molar-refractivity contribution in [2.75, 3.05) is 32.5 Å². The number of nitrogens with one attached hydrogen (secondary N) is 1. The molecule has 0 saturated carbocycles. The summed E-state index contributed by atoms with van der Waals surface area (Å²) in [5.74, 6) is 0. The zero-order valence-corrected chi connectivity index (χ0v) is 28.9. The largest absolute Gasteiger partial charge is 0.387 e. The molecular weight excluding hydrogens is 634 g/mol. The van der Waals surface area contributed by atoms with Gasteiger partial charge >= 0.3 is 0 Å². The highest BCUT2D eigenvalue weighted by Gasteiger charge is 2.12. The van der Waals surface area contributed by atoms with Crippen molar-refractivity contribution in [3.63, 3.8) is 0 Å². The number of rotatable bonds is 12.